The predicted octanol–water partition coefficient (Wildman–Crippen LogP) is 1.62. The summed E-state index contributed by atoms with van der Waals surface area (Å²) in [6.07, 6.45) is 5.49. The van der Waals surface area contributed by atoms with E-state index in [0.29, 0.717) is 23.9 Å². The average Bonchev–Trinajstić information content (AvgIpc) is 3.36. The van der Waals surface area contributed by atoms with Gasteiger partial charge in [-0.05, 0) is 25.0 Å². The van der Waals surface area contributed by atoms with Crippen molar-refractivity contribution in [3.63, 3.8) is 0 Å². The fourth-order valence-electron chi connectivity index (χ4n) is 3.40. The van der Waals surface area contributed by atoms with E-state index in [1.165, 1.54) is 21.0 Å². The number of pyridine rings is 1. The summed E-state index contributed by atoms with van der Waals surface area (Å²) in [6, 6.07) is 2.69. The van der Waals surface area contributed by atoms with Crippen molar-refractivity contribution in [1.29, 1.82) is 0 Å². The highest BCUT2D eigenvalue weighted by atomic mass is 32.2. The summed E-state index contributed by atoms with van der Waals surface area (Å²) in [5.41, 5.74) is 0.468. The Morgan fingerprint density at radius 3 is 2.57 bits per heavy atom. The molecule has 1 saturated carbocycles. The second kappa shape index (κ2) is 9.75. The number of hydrogen-bond donors (Lipinski definition) is 2. The van der Waals surface area contributed by atoms with Gasteiger partial charge in [-0.15, -0.1) is 10.2 Å². The second-order valence-electron chi connectivity index (χ2n) is 6.96. The van der Waals surface area contributed by atoms with Crippen molar-refractivity contribution in [1.82, 2.24) is 29.5 Å². The average molecular weight is 455 g/mol. The zero-order valence-electron chi connectivity index (χ0n) is 17.0. The molecule has 3 amide bonds. The molecule has 0 aliphatic heterocycles. The van der Waals surface area contributed by atoms with Crippen molar-refractivity contribution >= 4 is 39.4 Å². The molecule has 10 nitrogen and oxygen atoms in total. The molecule has 0 bridgehead atoms. The van der Waals surface area contributed by atoms with Crippen LogP contribution in [0.15, 0.2) is 28.4 Å². The van der Waals surface area contributed by atoms with E-state index in [2.05, 4.69) is 20.8 Å². The molecule has 2 heterocycles. The van der Waals surface area contributed by atoms with Gasteiger partial charge in [0.25, 0.3) is 0 Å². The van der Waals surface area contributed by atoms with Crippen LogP contribution in [0.4, 0.5) is 4.79 Å². The summed E-state index contributed by atoms with van der Waals surface area (Å²) in [7, 11) is -3.63. The Bertz CT molecular complexity index is 1010. The zero-order valence-corrected chi connectivity index (χ0v) is 18.6. The number of thioether (sulfide) groups is 1. The molecule has 0 spiro atoms. The molecule has 2 N–H and O–H groups in total. The molecule has 2 aromatic heterocycles. The number of sulfonamides is 1. The van der Waals surface area contributed by atoms with Crippen molar-refractivity contribution in [3.05, 3.63) is 18.3 Å². The Labute approximate surface area is 179 Å². The minimum atomic E-state index is -3.63. The maximum Gasteiger partial charge on any atom is 0.321 e. The lowest BCUT2D eigenvalue weighted by molar-refractivity contribution is -0.117. The first-order valence-electron chi connectivity index (χ1n) is 9.93. The van der Waals surface area contributed by atoms with Gasteiger partial charge in [0.15, 0.2) is 10.8 Å². The quantitative estimate of drug-likeness (QED) is 0.581. The van der Waals surface area contributed by atoms with Crippen molar-refractivity contribution in [3.8, 4) is 0 Å². The van der Waals surface area contributed by atoms with Crippen molar-refractivity contribution in [2.75, 3.05) is 18.8 Å². The molecule has 3 rings (SSSR count). The molecule has 0 unspecified atom stereocenters. The standard InChI is InChI=1S/C18H26N6O4S2/c1-3-23(4-2)30(27,28)14-9-10-15-21-22-18(24(15)11-14)29-12-16(25)20-17(26)19-13-7-5-6-8-13/h9-11,13H,3-8,12H2,1-2H3,(H2,19,20,25,26). The van der Waals surface area contributed by atoms with E-state index in [9.17, 15) is 18.0 Å². The van der Waals surface area contributed by atoms with E-state index in [-0.39, 0.29) is 16.7 Å². The fourth-order valence-corrected chi connectivity index (χ4v) is 5.57. The topological polar surface area (TPSA) is 126 Å². The van der Waals surface area contributed by atoms with E-state index in [4.69, 9.17) is 0 Å². The van der Waals surface area contributed by atoms with Crippen LogP contribution in [0.25, 0.3) is 5.65 Å². The SMILES string of the molecule is CCN(CC)S(=O)(=O)c1ccc2nnc(SCC(=O)NC(=O)NC3CCCC3)n2c1. The summed E-state index contributed by atoms with van der Waals surface area (Å²) < 4.78 is 28.4. The predicted molar refractivity (Wildman–Crippen MR) is 113 cm³/mol. The molecule has 1 fully saturated rings. The summed E-state index contributed by atoms with van der Waals surface area (Å²) in [4.78, 5) is 24.1. The van der Waals surface area contributed by atoms with Gasteiger partial charge in [-0.2, -0.15) is 4.31 Å². The number of fused-ring (bicyclic) bond motifs is 1. The highest BCUT2D eigenvalue weighted by molar-refractivity contribution is 7.99. The number of hydrogen-bond acceptors (Lipinski definition) is 7. The lowest BCUT2D eigenvalue weighted by Crippen LogP contribution is -2.44. The third kappa shape index (κ3) is 5.10. The largest absolute Gasteiger partial charge is 0.335 e. The van der Waals surface area contributed by atoms with E-state index in [0.717, 1.165) is 37.4 Å². The van der Waals surface area contributed by atoms with Crippen LogP contribution < -0.4 is 10.6 Å². The molecule has 0 radical (unpaired) electrons. The van der Waals surface area contributed by atoms with E-state index in [1.807, 2.05) is 0 Å². The molecular formula is C18H26N6O4S2. The number of aromatic nitrogens is 3. The number of rotatable bonds is 8. The summed E-state index contributed by atoms with van der Waals surface area (Å²) in [6.45, 7) is 4.29. The Hall–Kier alpha value is -2.18. The van der Waals surface area contributed by atoms with Gasteiger partial charge < -0.3 is 5.32 Å². The number of carbonyl (C=O) groups excluding carboxylic acids is 2. The normalized spacial score (nSPS) is 15.0. The number of amides is 3. The minimum Gasteiger partial charge on any atom is -0.335 e. The van der Waals surface area contributed by atoms with Gasteiger partial charge in [0.05, 0.1) is 10.6 Å². The van der Waals surface area contributed by atoms with Gasteiger partial charge in [-0.3, -0.25) is 14.5 Å². The molecule has 0 aromatic carbocycles. The second-order valence-corrected chi connectivity index (χ2v) is 9.84. The molecule has 1 aliphatic rings. The van der Waals surface area contributed by atoms with E-state index in [1.54, 1.807) is 19.9 Å². The first-order valence-corrected chi connectivity index (χ1v) is 12.4. The third-order valence-electron chi connectivity index (χ3n) is 4.96. The van der Waals surface area contributed by atoms with Crippen LogP contribution in [0, 0.1) is 0 Å². The maximum absolute atomic E-state index is 12.8. The first-order chi connectivity index (χ1) is 14.3. The fraction of sp³-hybridized carbons (Fsp3) is 0.556. The molecule has 164 valence electrons. The molecule has 2 aromatic rings. The highest BCUT2D eigenvalue weighted by Gasteiger charge is 2.23. The number of nitrogens with one attached hydrogen (secondary N) is 2. The first kappa shape index (κ1) is 22.5. The Kier molecular flexibility index (Phi) is 7.32. The Balaban J connectivity index is 1.66. The van der Waals surface area contributed by atoms with Gasteiger partial charge in [-0.1, -0.05) is 38.5 Å². The Morgan fingerprint density at radius 1 is 1.20 bits per heavy atom. The highest BCUT2D eigenvalue weighted by Crippen LogP contribution is 2.21. The molecule has 0 saturated heterocycles. The van der Waals surface area contributed by atoms with Crippen LogP contribution >= 0.6 is 11.8 Å². The monoisotopic (exact) mass is 454 g/mol. The lowest BCUT2D eigenvalue weighted by atomic mass is 10.2. The number of urea groups is 1. The van der Waals surface area contributed by atoms with Crippen LogP contribution in [0.2, 0.25) is 0 Å². The molecule has 12 heteroatoms. The number of nitrogens with zero attached hydrogens (tertiary/aromatic N) is 4. The third-order valence-corrected chi connectivity index (χ3v) is 7.94. The van der Waals surface area contributed by atoms with Crippen molar-refractivity contribution in [2.45, 2.75) is 55.6 Å². The van der Waals surface area contributed by atoms with E-state index < -0.39 is 22.0 Å². The number of carbonyl (C=O) groups is 2. The molecular weight excluding hydrogens is 428 g/mol. The van der Waals surface area contributed by atoms with Crippen LogP contribution in [0.3, 0.4) is 0 Å². The summed E-state index contributed by atoms with van der Waals surface area (Å²) in [5, 5.41) is 13.5. The van der Waals surface area contributed by atoms with Gasteiger partial charge in [0.1, 0.15) is 0 Å². The lowest BCUT2D eigenvalue weighted by Gasteiger charge is -2.18. The molecule has 30 heavy (non-hydrogen) atoms. The van der Waals surface area contributed by atoms with Crippen molar-refractivity contribution < 1.29 is 18.0 Å². The van der Waals surface area contributed by atoms with Gasteiger partial charge >= 0.3 is 6.03 Å². The molecule has 0 atom stereocenters. The van der Waals surface area contributed by atoms with Gasteiger partial charge in [-0.25, -0.2) is 13.2 Å². The van der Waals surface area contributed by atoms with Crippen LogP contribution in [-0.2, 0) is 14.8 Å². The molecule has 1 aliphatic carbocycles. The zero-order chi connectivity index (χ0) is 21.7. The summed E-state index contributed by atoms with van der Waals surface area (Å²) >= 11 is 1.08. The Morgan fingerprint density at radius 2 is 1.90 bits per heavy atom. The van der Waals surface area contributed by atoms with E-state index >= 15 is 0 Å². The van der Waals surface area contributed by atoms with Crippen molar-refractivity contribution in [2.24, 2.45) is 0 Å². The van der Waals surface area contributed by atoms with Crippen LogP contribution in [0.5, 0.6) is 0 Å². The van der Waals surface area contributed by atoms with Crippen LogP contribution in [0.1, 0.15) is 39.5 Å². The maximum atomic E-state index is 12.8. The summed E-state index contributed by atoms with van der Waals surface area (Å²) in [5.74, 6) is -0.509. The minimum absolute atomic E-state index is 0.0497. The van der Waals surface area contributed by atoms with Gasteiger partial charge in [0.2, 0.25) is 15.9 Å². The smallest absolute Gasteiger partial charge is 0.321 e. The van der Waals surface area contributed by atoms with Crippen LogP contribution in [-0.4, -0.2) is 64.1 Å². The van der Waals surface area contributed by atoms with Gasteiger partial charge in [0, 0.05) is 25.3 Å². The number of imide groups is 1.